The summed E-state index contributed by atoms with van der Waals surface area (Å²) in [5.74, 6) is -0.936. The van der Waals surface area contributed by atoms with E-state index < -0.39 is 35.5 Å². The predicted octanol–water partition coefficient (Wildman–Crippen LogP) is 0.919. The summed E-state index contributed by atoms with van der Waals surface area (Å²) in [6.07, 6.45) is 6.75. The summed E-state index contributed by atoms with van der Waals surface area (Å²) in [5.41, 5.74) is 1.03. The zero-order valence-corrected chi connectivity index (χ0v) is 26.3. The van der Waals surface area contributed by atoms with Crippen molar-refractivity contribution in [1.29, 1.82) is 0 Å². The monoisotopic (exact) mass is 626 g/mol. The largest absolute Gasteiger partial charge is 0.497 e. The van der Waals surface area contributed by atoms with E-state index in [1.807, 2.05) is 17.0 Å². The van der Waals surface area contributed by atoms with Gasteiger partial charge in [-0.2, -0.15) is 0 Å². The van der Waals surface area contributed by atoms with Crippen LogP contribution >= 0.6 is 0 Å². The summed E-state index contributed by atoms with van der Waals surface area (Å²) in [6.45, 7) is 5.26. The fraction of sp³-hybridized carbons (Fsp3) is 0.636. The van der Waals surface area contributed by atoms with Crippen LogP contribution in [0.2, 0.25) is 0 Å². The van der Waals surface area contributed by atoms with Crippen LogP contribution in [0.1, 0.15) is 44.6 Å². The first-order valence-corrected chi connectivity index (χ1v) is 16.0. The average molecular weight is 627 g/mol. The van der Waals surface area contributed by atoms with Gasteiger partial charge in [0.2, 0.25) is 17.7 Å². The van der Waals surface area contributed by atoms with Crippen LogP contribution in [0.25, 0.3) is 0 Å². The Balaban J connectivity index is 1.32. The minimum Gasteiger partial charge on any atom is -0.497 e. The van der Waals surface area contributed by atoms with E-state index in [2.05, 4.69) is 22.0 Å². The van der Waals surface area contributed by atoms with Gasteiger partial charge in [0.25, 0.3) is 0 Å². The third-order valence-corrected chi connectivity index (χ3v) is 9.02. The van der Waals surface area contributed by atoms with Gasteiger partial charge in [0.15, 0.2) is 5.78 Å². The number of carbonyl (C=O) groups is 4. The Kier molecular flexibility index (Phi) is 11.2. The number of epoxide rings is 1. The van der Waals surface area contributed by atoms with Crippen molar-refractivity contribution >= 4 is 23.5 Å². The molecule has 5 rings (SSSR count). The van der Waals surface area contributed by atoms with E-state index in [0.717, 1.165) is 36.8 Å². The molecule has 0 bridgehead atoms. The van der Waals surface area contributed by atoms with Crippen molar-refractivity contribution in [3.63, 3.8) is 0 Å². The molecule has 1 aliphatic carbocycles. The van der Waals surface area contributed by atoms with Crippen molar-refractivity contribution in [2.45, 2.75) is 69.2 Å². The highest BCUT2D eigenvalue weighted by Crippen LogP contribution is 2.31. The van der Waals surface area contributed by atoms with Crippen LogP contribution in [0.5, 0.6) is 5.75 Å². The number of morpholine rings is 1. The van der Waals surface area contributed by atoms with Crippen molar-refractivity contribution in [3.8, 4) is 5.75 Å². The number of ether oxygens (including phenoxy) is 4. The zero-order chi connectivity index (χ0) is 31.8. The van der Waals surface area contributed by atoms with Gasteiger partial charge >= 0.3 is 0 Å². The number of benzene rings is 1. The highest BCUT2D eigenvalue weighted by molar-refractivity contribution is 5.98. The third kappa shape index (κ3) is 9.12. The van der Waals surface area contributed by atoms with Gasteiger partial charge in [0, 0.05) is 25.4 Å². The molecule has 0 spiro atoms. The molecule has 3 saturated heterocycles. The Labute approximate surface area is 264 Å². The summed E-state index contributed by atoms with van der Waals surface area (Å²) in [6, 6.07) is 4.59. The quantitative estimate of drug-likeness (QED) is 0.191. The Morgan fingerprint density at radius 1 is 0.956 bits per heavy atom. The summed E-state index contributed by atoms with van der Waals surface area (Å²) >= 11 is 0. The smallest absolute Gasteiger partial charge is 0.243 e. The highest BCUT2D eigenvalue weighted by Gasteiger charge is 2.50. The number of allylic oxidation sites excluding steroid dienone is 1. The zero-order valence-electron chi connectivity index (χ0n) is 26.3. The predicted molar refractivity (Wildman–Crippen MR) is 165 cm³/mol. The van der Waals surface area contributed by atoms with Gasteiger partial charge in [-0.3, -0.25) is 24.1 Å². The molecule has 3 heterocycles. The summed E-state index contributed by atoms with van der Waals surface area (Å²) in [4.78, 5) is 56.3. The van der Waals surface area contributed by atoms with Crippen LogP contribution in [0, 0.1) is 5.92 Å². The molecular formula is C33H46N4O8. The molecule has 0 radical (unpaired) electrons. The molecule has 1 aromatic rings. The maximum atomic E-state index is 14.0. The molecule has 4 atom stereocenters. The first-order chi connectivity index (χ1) is 21.7. The molecule has 4 aliphatic rings. The van der Waals surface area contributed by atoms with Gasteiger partial charge in [-0.15, -0.1) is 0 Å². The molecule has 4 unspecified atom stereocenters. The van der Waals surface area contributed by atoms with Gasteiger partial charge in [-0.25, -0.2) is 0 Å². The number of nitrogens with one attached hydrogen (secondary N) is 3. The number of nitrogens with zero attached hydrogens (tertiary/aromatic N) is 1. The Bertz CT molecular complexity index is 1240. The second-order valence-corrected chi connectivity index (χ2v) is 12.6. The van der Waals surface area contributed by atoms with Crippen molar-refractivity contribution < 1.29 is 38.1 Å². The molecular weight excluding hydrogens is 580 g/mol. The van der Waals surface area contributed by atoms with E-state index in [-0.39, 0.29) is 30.6 Å². The van der Waals surface area contributed by atoms with Gasteiger partial charge in [0.1, 0.15) is 23.4 Å². The molecule has 0 aromatic heterocycles. The molecule has 246 valence electrons. The number of ketones is 1. The fourth-order valence-electron chi connectivity index (χ4n) is 5.95. The van der Waals surface area contributed by atoms with E-state index in [4.69, 9.17) is 18.9 Å². The lowest BCUT2D eigenvalue weighted by atomic mass is 9.89. The van der Waals surface area contributed by atoms with E-state index in [9.17, 15) is 19.2 Å². The van der Waals surface area contributed by atoms with E-state index in [1.54, 1.807) is 26.2 Å². The number of hydrogen-bond donors (Lipinski definition) is 3. The maximum Gasteiger partial charge on any atom is 0.243 e. The van der Waals surface area contributed by atoms with Gasteiger partial charge in [0.05, 0.1) is 52.7 Å². The van der Waals surface area contributed by atoms with Crippen LogP contribution in [0.4, 0.5) is 0 Å². The first-order valence-electron chi connectivity index (χ1n) is 16.0. The van der Waals surface area contributed by atoms with Gasteiger partial charge < -0.3 is 34.9 Å². The van der Waals surface area contributed by atoms with Crippen molar-refractivity contribution in [2.24, 2.45) is 5.92 Å². The van der Waals surface area contributed by atoms with Crippen LogP contribution in [-0.2, 0) is 39.8 Å². The van der Waals surface area contributed by atoms with Crippen molar-refractivity contribution in [3.05, 3.63) is 41.5 Å². The minimum atomic E-state index is -1.01. The van der Waals surface area contributed by atoms with Gasteiger partial charge in [-0.1, -0.05) is 23.8 Å². The van der Waals surface area contributed by atoms with Crippen molar-refractivity contribution in [2.75, 3.05) is 59.8 Å². The van der Waals surface area contributed by atoms with E-state index in [1.165, 1.54) is 0 Å². The fourth-order valence-corrected chi connectivity index (χ4v) is 5.95. The summed E-state index contributed by atoms with van der Waals surface area (Å²) < 4.78 is 21.5. The number of carbonyl (C=O) groups excluding carboxylic acids is 4. The number of amides is 3. The van der Waals surface area contributed by atoms with Crippen LogP contribution in [-0.4, -0.2) is 112 Å². The molecule has 1 aromatic carbocycles. The van der Waals surface area contributed by atoms with Crippen LogP contribution in [0.15, 0.2) is 35.9 Å². The second kappa shape index (κ2) is 15.3. The Morgan fingerprint density at radius 2 is 1.67 bits per heavy atom. The third-order valence-electron chi connectivity index (χ3n) is 9.02. The molecule has 12 heteroatoms. The SMILES string of the molecule is COc1ccc(CC(NC(=O)C(NC(=O)CN2CCOCC2)C2COC2)C(=O)NC(CC2=CCCCC2)C(=O)C2(C)CO2)cc1. The number of rotatable bonds is 15. The molecule has 3 amide bonds. The first kappa shape index (κ1) is 33.1. The topological polar surface area (TPSA) is 148 Å². The number of hydrogen-bond acceptors (Lipinski definition) is 9. The number of methoxy groups -OCH3 is 1. The Hall–Kier alpha value is -3.32. The molecule has 0 saturated carbocycles. The standard InChI is InChI=1S/C33H46N4O8/c1-33(21-45-33)30(39)26(16-22-6-4-3-5-7-22)34-31(40)27(17-23-8-10-25(42-2)11-9-23)35-32(41)29(24-19-44-20-24)36-28(38)18-37-12-14-43-15-13-37/h6,8-11,24,26-27,29H,3-5,7,12-21H2,1-2H3,(H,34,40)(H,35,41)(H,36,38). The average Bonchev–Trinajstić information content (AvgIpc) is 3.78. The minimum absolute atomic E-state index is 0.150. The maximum absolute atomic E-state index is 14.0. The van der Waals surface area contributed by atoms with Crippen molar-refractivity contribution in [1.82, 2.24) is 20.9 Å². The van der Waals surface area contributed by atoms with E-state index >= 15 is 0 Å². The van der Waals surface area contributed by atoms with Crippen LogP contribution in [0.3, 0.4) is 0 Å². The molecule has 45 heavy (non-hydrogen) atoms. The summed E-state index contributed by atoms with van der Waals surface area (Å²) in [5, 5.41) is 8.77. The Morgan fingerprint density at radius 3 is 2.27 bits per heavy atom. The second-order valence-electron chi connectivity index (χ2n) is 12.6. The molecule has 3 fully saturated rings. The molecule has 3 aliphatic heterocycles. The van der Waals surface area contributed by atoms with Gasteiger partial charge in [-0.05, 0) is 56.7 Å². The lowest BCUT2D eigenvalue weighted by molar-refractivity contribution is -0.139. The lowest BCUT2D eigenvalue weighted by Gasteiger charge is -2.35. The molecule has 3 N–H and O–H groups in total. The summed E-state index contributed by atoms with van der Waals surface area (Å²) in [7, 11) is 1.58. The number of Topliss-reactive ketones (excluding diaryl/α,β-unsaturated/α-hetero) is 1. The lowest BCUT2D eigenvalue weighted by Crippen LogP contribution is -2.61. The highest BCUT2D eigenvalue weighted by atomic mass is 16.6. The molecule has 12 nitrogen and oxygen atoms in total. The normalized spacial score (nSPS) is 23.8. The van der Waals surface area contributed by atoms with E-state index in [0.29, 0.717) is 58.3 Å². The van der Waals surface area contributed by atoms with Crippen LogP contribution < -0.4 is 20.7 Å².